The van der Waals surface area contributed by atoms with Crippen molar-refractivity contribution in [1.29, 1.82) is 0 Å². The zero-order valence-electron chi connectivity index (χ0n) is 12.0. The minimum atomic E-state index is 0.0371. The number of nitrogens with two attached hydrogens (primary N) is 1. The number of nitrogen functional groups attached to an aromatic ring is 1. The SMILES string of the molecule is COc1ccc(CCNC(=O)CCc2csc(N)n2)cc1. The Morgan fingerprint density at radius 1 is 1.33 bits per heavy atom. The van der Waals surface area contributed by atoms with Crippen LogP contribution in [0.15, 0.2) is 29.6 Å². The Morgan fingerprint density at radius 2 is 2.10 bits per heavy atom. The van der Waals surface area contributed by atoms with Crippen molar-refractivity contribution in [2.45, 2.75) is 19.3 Å². The Labute approximate surface area is 128 Å². The van der Waals surface area contributed by atoms with Crippen molar-refractivity contribution in [1.82, 2.24) is 10.3 Å². The molecule has 3 N–H and O–H groups in total. The van der Waals surface area contributed by atoms with Gasteiger partial charge in [0, 0.05) is 18.3 Å². The zero-order valence-corrected chi connectivity index (χ0v) is 12.8. The van der Waals surface area contributed by atoms with Gasteiger partial charge in [0.1, 0.15) is 5.75 Å². The Hall–Kier alpha value is -2.08. The van der Waals surface area contributed by atoms with E-state index >= 15 is 0 Å². The van der Waals surface area contributed by atoms with Gasteiger partial charge in [-0.25, -0.2) is 4.98 Å². The van der Waals surface area contributed by atoms with E-state index in [2.05, 4.69) is 10.3 Å². The molecule has 1 aromatic carbocycles. The fraction of sp³-hybridized carbons (Fsp3) is 0.333. The fourth-order valence-corrected chi connectivity index (χ4v) is 2.50. The Balaban J connectivity index is 1.66. The van der Waals surface area contributed by atoms with Gasteiger partial charge in [-0.1, -0.05) is 12.1 Å². The third-order valence-electron chi connectivity index (χ3n) is 3.07. The molecule has 2 aromatic rings. The molecule has 0 atom stereocenters. The number of benzene rings is 1. The molecule has 112 valence electrons. The highest BCUT2D eigenvalue weighted by Crippen LogP contribution is 2.13. The van der Waals surface area contributed by atoms with Gasteiger partial charge in [-0.2, -0.15) is 0 Å². The molecule has 0 aliphatic carbocycles. The normalized spacial score (nSPS) is 10.3. The molecule has 0 radical (unpaired) electrons. The molecule has 0 bridgehead atoms. The maximum Gasteiger partial charge on any atom is 0.220 e. The van der Waals surface area contributed by atoms with Crippen LogP contribution in [0, 0.1) is 0 Å². The van der Waals surface area contributed by atoms with E-state index in [-0.39, 0.29) is 5.91 Å². The number of aryl methyl sites for hydroxylation is 1. The number of carbonyl (C=O) groups is 1. The molecule has 1 heterocycles. The molecular weight excluding hydrogens is 286 g/mol. The molecule has 0 saturated carbocycles. The number of carbonyl (C=O) groups excluding carboxylic acids is 1. The Morgan fingerprint density at radius 3 is 2.71 bits per heavy atom. The maximum atomic E-state index is 11.7. The van der Waals surface area contributed by atoms with Gasteiger partial charge in [-0.3, -0.25) is 4.79 Å². The monoisotopic (exact) mass is 305 g/mol. The number of nitrogens with one attached hydrogen (secondary N) is 1. The van der Waals surface area contributed by atoms with Crippen LogP contribution in [0.5, 0.6) is 5.75 Å². The number of aromatic nitrogens is 1. The molecule has 0 aliphatic rings. The Bertz CT molecular complexity index is 581. The summed E-state index contributed by atoms with van der Waals surface area (Å²) in [6, 6.07) is 7.85. The second-order valence-corrected chi connectivity index (χ2v) is 5.51. The number of nitrogens with zero attached hydrogens (tertiary/aromatic N) is 1. The average molecular weight is 305 g/mol. The molecule has 6 heteroatoms. The van der Waals surface area contributed by atoms with Gasteiger partial charge < -0.3 is 15.8 Å². The van der Waals surface area contributed by atoms with Gasteiger partial charge in [0.15, 0.2) is 5.13 Å². The van der Waals surface area contributed by atoms with Crippen molar-refractivity contribution >= 4 is 22.4 Å². The van der Waals surface area contributed by atoms with Crippen LogP contribution < -0.4 is 15.8 Å². The second kappa shape index (κ2) is 7.64. The lowest BCUT2D eigenvalue weighted by atomic mass is 10.1. The standard InChI is InChI=1S/C15H19N3O2S/c1-20-13-5-2-11(3-6-13)8-9-17-14(19)7-4-12-10-21-15(16)18-12/h2-3,5-6,10H,4,7-9H2,1H3,(H2,16,18)(H,17,19). The summed E-state index contributed by atoms with van der Waals surface area (Å²) in [5.74, 6) is 0.875. The Kier molecular flexibility index (Phi) is 5.57. The highest BCUT2D eigenvalue weighted by molar-refractivity contribution is 7.13. The number of anilines is 1. The number of rotatable bonds is 7. The van der Waals surface area contributed by atoms with Gasteiger partial charge >= 0.3 is 0 Å². The van der Waals surface area contributed by atoms with Crippen molar-refractivity contribution in [3.8, 4) is 5.75 Å². The predicted molar refractivity (Wildman–Crippen MR) is 84.6 cm³/mol. The lowest BCUT2D eigenvalue weighted by Crippen LogP contribution is -2.25. The van der Waals surface area contributed by atoms with E-state index in [1.54, 1.807) is 7.11 Å². The molecular formula is C15H19N3O2S. The van der Waals surface area contributed by atoms with Crippen LogP contribution in [0.25, 0.3) is 0 Å². The molecule has 21 heavy (non-hydrogen) atoms. The first kappa shape index (κ1) is 15.3. The highest BCUT2D eigenvalue weighted by Gasteiger charge is 2.04. The summed E-state index contributed by atoms with van der Waals surface area (Å²) < 4.78 is 5.10. The highest BCUT2D eigenvalue weighted by atomic mass is 32.1. The number of amides is 1. The molecule has 0 saturated heterocycles. The number of hydrogen-bond acceptors (Lipinski definition) is 5. The maximum absolute atomic E-state index is 11.7. The van der Waals surface area contributed by atoms with Crippen LogP contribution in [0.4, 0.5) is 5.13 Å². The largest absolute Gasteiger partial charge is 0.497 e. The van der Waals surface area contributed by atoms with Crippen LogP contribution in [0.2, 0.25) is 0 Å². The first-order valence-electron chi connectivity index (χ1n) is 6.77. The summed E-state index contributed by atoms with van der Waals surface area (Å²) in [6.07, 6.45) is 1.87. The minimum Gasteiger partial charge on any atom is -0.497 e. The van der Waals surface area contributed by atoms with E-state index < -0.39 is 0 Å². The molecule has 0 fully saturated rings. The summed E-state index contributed by atoms with van der Waals surface area (Å²) in [4.78, 5) is 15.9. The predicted octanol–water partition coefficient (Wildman–Crippen LogP) is 2.03. The van der Waals surface area contributed by atoms with Gasteiger partial charge in [0.05, 0.1) is 12.8 Å². The smallest absolute Gasteiger partial charge is 0.220 e. The minimum absolute atomic E-state index is 0.0371. The van der Waals surface area contributed by atoms with Gasteiger partial charge in [0.25, 0.3) is 0 Å². The number of ether oxygens (including phenoxy) is 1. The van der Waals surface area contributed by atoms with E-state index in [0.29, 0.717) is 24.5 Å². The topological polar surface area (TPSA) is 77.2 Å². The first-order valence-corrected chi connectivity index (χ1v) is 7.65. The van der Waals surface area contributed by atoms with Crippen molar-refractivity contribution in [3.63, 3.8) is 0 Å². The van der Waals surface area contributed by atoms with Crippen molar-refractivity contribution in [2.75, 3.05) is 19.4 Å². The molecule has 0 aliphatic heterocycles. The van der Waals surface area contributed by atoms with Crippen LogP contribution in [-0.4, -0.2) is 24.5 Å². The summed E-state index contributed by atoms with van der Waals surface area (Å²) in [7, 11) is 1.64. The first-order chi connectivity index (χ1) is 10.2. The third-order valence-corrected chi connectivity index (χ3v) is 3.80. The van der Waals surface area contributed by atoms with Crippen molar-refractivity contribution in [3.05, 3.63) is 40.9 Å². The molecule has 1 aromatic heterocycles. The average Bonchev–Trinajstić information content (AvgIpc) is 2.91. The van der Waals surface area contributed by atoms with E-state index in [1.807, 2.05) is 29.6 Å². The third kappa shape index (κ3) is 5.07. The summed E-state index contributed by atoms with van der Waals surface area (Å²) in [5.41, 5.74) is 7.60. The lowest BCUT2D eigenvalue weighted by molar-refractivity contribution is -0.121. The molecule has 0 spiro atoms. The lowest BCUT2D eigenvalue weighted by Gasteiger charge is -2.06. The number of thiazole rings is 1. The molecule has 5 nitrogen and oxygen atoms in total. The van der Waals surface area contributed by atoms with Crippen LogP contribution in [-0.2, 0) is 17.6 Å². The molecule has 2 rings (SSSR count). The quantitative estimate of drug-likeness (QED) is 0.820. The number of methoxy groups -OCH3 is 1. The van der Waals surface area contributed by atoms with Crippen molar-refractivity contribution < 1.29 is 9.53 Å². The van der Waals surface area contributed by atoms with E-state index in [4.69, 9.17) is 10.5 Å². The molecule has 0 unspecified atom stereocenters. The van der Waals surface area contributed by atoms with Crippen LogP contribution >= 0.6 is 11.3 Å². The van der Waals surface area contributed by atoms with E-state index in [0.717, 1.165) is 17.9 Å². The fourth-order valence-electron chi connectivity index (χ4n) is 1.91. The van der Waals surface area contributed by atoms with Gasteiger partial charge in [-0.05, 0) is 30.5 Å². The second-order valence-electron chi connectivity index (χ2n) is 4.63. The summed E-state index contributed by atoms with van der Waals surface area (Å²) in [5, 5.41) is 5.35. The molecule has 1 amide bonds. The van der Waals surface area contributed by atoms with Crippen LogP contribution in [0.1, 0.15) is 17.7 Å². The zero-order chi connectivity index (χ0) is 15.1. The summed E-state index contributed by atoms with van der Waals surface area (Å²) in [6.45, 7) is 0.629. The van der Waals surface area contributed by atoms with E-state index in [1.165, 1.54) is 16.9 Å². The van der Waals surface area contributed by atoms with Crippen molar-refractivity contribution in [2.24, 2.45) is 0 Å². The van der Waals surface area contributed by atoms with Gasteiger partial charge in [-0.15, -0.1) is 11.3 Å². The van der Waals surface area contributed by atoms with E-state index in [9.17, 15) is 4.79 Å². The van der Waals surface area contributed by atoms with Crippen LogP contribution in [0.3, 0.4) is 0 Å². The summed E-state index contributed by atoms with van der Waals surface area (Å²) >= 11 is 1.40. The van der Waals surface area contributed by atoms with Gasteiger partial charge in [0.2, 0.25) is 5.91 Å². The number of hydrogen-bond donors (Lipinski definition) is 2.